The van der Waals surface area contributed by atoms with E-state index in [9.17, 15) is 13.2 Å². The topological polar surface area (TPSA) is 86.7 Å². The molecule has 19 heavy (non-hydrogen) atoms. The number of nitrogens with one attached hydrogen (secondary N) is 1. The number of carboxylic acid groups (broad SMARTS) is 1. The molecule has 0 aromatic heterocycles. The number of rotatable bonds is 7. The van der Waals surface area contributed by atoms with Gasteiger partial charge in [0.25, 0.3) is 10.2 Å². The summed E-state index contributed by atoms with van der Waals surface area (Å²) in [4.78, 5) is 10.4. The van der Waals surface area contributed by atoms with E-state index in [1.165, 1.54) is 7.05 Å². The molecule has 0 bridgehead atoms. The number of carboxylic acids is 1. The van der Waals surface area contributed by atoms with Crippen molar-refractivity contribution in [3.05, 3.63) is 35.4 Å². The Hall–Kier alpha value is -1.44. The second kappa shape index (κ2) is 6.65. The predicted octanol–water partition coefficient (Wildman–Crippen LogP) is 0.736. The lowest BCUT2D eigenvalue weighted by Crippen LogP contribution is -2.38. The summed E-state index contributed by atoms with van der Waals surface area (Å²) in [6.07, 6.45) is -0.220. The Morgan fingerprint density at radius 2 is 2.11 bits per heavy atom. The summed E-state index contributed by atoms with van der Waals surface area (Å²) in [5.41, 5.74) is 1.91. The van der Waals surface area contributed by atoms with Crippen LogP contribution in [-0.4, -0.2) is 37.4 Å². The predicted molar refractivity (Wildman–Crippen MR) is 71.8 cm³/mol. The van der Waals surface area contributed by atoms with Gasteiger partial charge in [-0.1, -0.05) is 29.8 Å². The second-order valence-electron chi connectivity index (χ2n) is 4.28. The maximum Gasteiger partial charge on any atom is 0.304 e. The van der Waals surface area contributed by atoms with Crippen LogP contribution >= 0.6 is 0 Å². The van der Waals surface area contributed by atoms with E-state index in [2.05, 4.69) is 4.72 Å². The number of nitrogens with zero attached hydrogens (tertiary/aromatic N) is 1. The van der Waals surface area contributed by atoms with Crippen molar-refractivity contribution >= 4 is 16.2 Å². The molecule has 0 amide bonds. The summed E-state index contributed by atoms with van der Waals surface area (Å²) in [5.74, 6) is -1.03. The van der Waals surface area contributed by atoms with Crippen molar-refractivity contribution in [1.82, 2.24) is 9.03 Å². The van der Waals surface area contributed by atoms with Gasteiger partial charge in [-0.3, -0.25) is 4.79 Å². The summed E-state index contributed by atoms with van der Waals surface area (Å²) in [5, 5.41) is 8.52. The fourth-order valence-corrected chi connectivity index (χ4v) is 2.38. The first-order valence-electron chi connectivity index (χ1n) is 5.79. The van der Waals surface area contributed by atoms with Gasteiger partial charge in [0, 0.05) is 20.1 Å². The van der Waals surface area contributed by atoms with Crippen LogP contribution in [0.5, 0.6) is 0 Å². The molecule has 0 unspecified atom stereocenters. The maximum atomic E-state index is 11.8. The zero-order valence-corrected chi connectivity index (χ0v) is 11.8. The van der Waals surface area contributed by atoms with E-state index in [4.69, 9.17) is 5.11 Å². The van der Waals surface area contributed by atoms with Gasteiger partial charge in [-0.25, -0.2) is 0 Å². The van der Waals surface area contributed by atoms with Crippen LogP contribution in [0.15, 0.2) is 24.3 Å². The number of aliphatic carboxylic acids is 1. The smallest absolute Gasteiger partial charge is 0.304 e. The van der Waals surface area contributed by atoms with Gasteiger partial charge in [0.05, 0.1) is 6.42 Å². The Bertz CT molecular complexity index is 542. The first kappa shape index (κ1) is 15.6. The van der Waals surface area contributed by atoms with Crippen LogP contribution in [0.1, 0.15) is 17.5 Å². The summed E-state index contributed by atoms with van der Waals surface area (Å²) in [6.45, 7) is 2.05. The molecule has 1 aromatic rings. The number of hydrogen-bond donors (Lipinski definition) is 2. The van der Waals surface area contributed by atoms with Crippen molar-refractivity contribution in [3.63, 3.8) is 0 Å². The average molecular weight is 286 g/mol. The van der Waals surface area contributed by atoms with Crippen molar-refractivity contribution in [2.24, 2.45) is 0 Å². The number of carbonyl (C=O) groups is 1. The largest absolute Gasteiger partial charge is 0.481 e. The van der Waals surface area contributed by atoms with Crippen LogP contribution in [0.25, 0.3) is 0 Å². The van der Waals surface area contributed by atoms with Gasteiger partial charge < -0.3 is 5.11 Å². The number of hydrogen-bond acceptors (Lipinski definition) is 3. The van der Waals surface area contributed by atoms with Gasteiger partial charge in [0.2, 0.25) is 0 Å². The fraction of sp³-hybridized carbons (Fsp3) is 0.417. The second-order valence-corrected chi connectivity index (χ2v) is 6.14. The van der Waals surface area contributed by atoms with Gasteiger partial charge in [-0.15, -0.1) is 0 Å². The molecule has 0 aliphatic carbocycles. The molecule has 0 aliphatic rings. The van der Waals surface area contributed by atoms with Gasteiger partial charge in [0.15, 0.2) is 0 Å². The van der Waals surface area contributed by atoms with Crippen LogP contribution in [0.2, 0.25) is 0 Å². The molecule has 106 valence electrons. The van der Waals surface area contributed by atoms with Crippen molar-refractivity contribution < 1.29 is 18.3 Å². The molecule has 0 spiro atoms. The molecule has 0 heterocycles. The molecule has 0 fully saturated rings. The third-order valence-corrected chi connectivity index (χ3v) is 4.10. The molecule has 1 aromatic carbocycles. The van der Waals surface area contributed by atoms with Crippen LogP contribution in [0.4, 0.5) is 0 Å². The van der Waals surface area contributed by atoms with E-state index in [1.54, 1.807) is 0 Å². The molecule has 0 atom stereocenters. The lowest BCUT2D eigenvalue weighted by molar-refractivity contribution is -0.137. The van der Waals surface area contributed by atoms with Gasteiger partial charge in [0.1, 0.15) is 0 Å². The van der Waals surface area contributed by atoms with Crippen LogP contribution in [-0.2, 0) is 21.5 Å². The molecule has 0 radical (unpaired) electrons. The van der Waals surface area contributed by atoms with Gasteiger partial charge >= 0.3 is 5.97 Å². The highest BCUT2D eigenvalue weighted by Crippen LogP contribution is 2.05. The van der Waals surface area contributed by atoms with Crippen molar-refractivity contribution in [3.8, 4) is 0 Å². The van der Waals surface area contributed by atoms with Gasteiger partial charge in [-0.05, 0) is 12.5 Å². The van der Waals surface area contributed by atoms with E-state index in [0.29, 0.717) is 0 Å². The zero-order valence-electron chi connectivity index (χ0n) is 11.0. The average Bonchev–Trinajstić information content (AvgIpc) is 2.33. The highest BCUT2D eigenvalue weighted by Gasteiger charge is 2.17. The Labute approximate surface area is 113 Å². The van der Waals surface area contributed by atoms with E-state index < -0.39 is 16.2 Å². The molecular weight excluding hydrogens is 268 g/mol. The summed E-state index contributed by atoms with van der Waals surface area (Å²) >= 11 is 0. The first-order chi connectivity index (χ1) is 8.81. The Morgan fingerprint density at radius 1 is 1.42 bits per heavy atom. The van der Waals surface area contributed by atoms with Crippen LogP contribution in [0.3, 0.4) is 0 Å². The Morgan fingerprint density at radius 3 is 2.68 bits per heavy atom. The molecule has 1 rings (SSSR count). The van der Waals surface area contributed by atoms with E-state index >= 15 is 0 Å². The quantitative estimate of drug-likeness (QED) is 0.774. The van der Waals surface area contributed by atoms with Crippen molar-refractivity contribution in [2.75, 3.05) is 13.6 Å². The Balaban J connectivity index is 2.57. The third kappa shape index (κ3) is 5.37. The standard InChI is InChI=1S/C12H18N2O4S/c1-10-4-3-5-11(8-10)9-13-19(17,18)14(2)7-6-12(15)16/h3-5,8,13H,6-7,9H2,1-2H3,(H,15,16). The zero-order chi connectivity index (χ0) is 14.5. The number of benzene rings is 1. The van der Waals surface area contributed by atoms with E-state index in [-0.39, 0.29) is 19.5 Å². The van der Waals surface area contributed by atoms with E-state index in [1.807, 2.05) is 31.2 Å². The lowest BCUT2D eigenvalue weighted by Gasteiger charge is -2.16. The van der Waals surface area contributed by atoms with E-state index in [0.717, 1.165) is 15.4 Å². The molecule has 7 heteroatoms. The van der Waals surface area contributed by atoms with Crippen molar-refractivity contribution in [1.29, 1.82) is 0 Å². The van der Waals surface area contributed by atoms with Gasteiger partial charge in [-0.2, -0.15) is 17.4 Å². The molecule has 6 nitrogen and oxygen atoms in total. The maximum absolute atomic E-state index is 11.8. The minimum absolute atomic E-state index is 0.0571. The molecule has 0 saturated carbocycles. The highest BCUT2D eigenvalue weighted by molar-refractivity contribution is 7.87. The lowest BCUT2D eigenvalue weighted by atomic mass is 10.1. The minimum Gasteiger partial charge on any atom is -0.481 e. The monoisotopic (exact) mass is 286 g/mol. The molecule has 2 N–H and O–H groups in total. The summed E-state index contributed by atoms with van der Waals surface area (Å²) in [7, 11) is -2.30. The molecular formula is C12H18N2O4S. The molecule has 0 aliphatic heterocycles. The SMILES string of the molecule is Cc1cccc(CNS(=O)(=O)N(C)CCC(=O)O)c1. The minimum atomic E-state index is -3.65. The third-order valence-electron chi connectivity index (χ3n) is 2.59. The fourth-order valence-electron chi connectivity index (χ4n) is 1.48. The normalized spacial score (nSPS) is 11.7. The highest BCUT2D eigenvalue weighted by atomic mass is 32.2. The van der Waals surface area contributed by atoms with Crippen LogP contribution < -0.4 is 4.72 Å². The number of aryl methyl sites for hydroxylation is 1. The van der Waals surface area contributed by atoms with Crippen LogP contribution in [0, 0.1) is 6.92 Å². The Kier molecular flexibility index (Phi) is 5.46. The van der Waals surface area contributed by atoms with Crippen molar-refractivity contribution in [2.45, 2.75) is 19.9 Å². The summed E-state index contributed by atoms with van der Waals surface area (Å²) in [6, 6.07) is 7.50. The first-order valence-corrected chi connectivity index (χ1v) is 7.23. The molecule has 0 saturated heterocycles. The summed E-state index contributed by atoms with van der Waals surface area (Å²) < 4.78 is 27.1.